The predicted molar refractivity (Wildman–Crippen MR) is 67.2 cm³/mol. The number of esters is 1. The molecular weight excluding hydrogens is 253 g/mol. The Morgan fingerprint density at radius 1 is 1.47 bits per heavy atom. The summed E-state index contributed by atoms with van der Waals surface area (Å²) in [6.07, 6.45) is -2.24. The number of hydrogen-bond acceptors (Lipinski definition) is 5. The Balaban J connectivity index is 2.94. The maximum atomic E-state index is 13.6. The van der Waals surface area contributed by atoms with Crippen LogP contribution >= 0.6 is 0 Å². The Labute approximate surface area is 111 Å². The Morgan fingerprint density at radius 2 is 2.16 bits per heavy atom. The Bertz CT molecular complexity index is 439. The average molecular weight is 271 g/mol. The topological polar surface area (TPSA) is 78.8 Å². The first-order chi connectivity index (χ1) is 9.01. The second-order valence-corrected chi connectivity index (χ2v) is 4.13. The highest BCUT2D eigenvalue weighted by atomic mass is 19.1. The van der Waals surface area contributed by atoms with Gasteiger partial charge in [-0.2, -0.15) is 0 Å². The average Bonchev–Trinajstić information content (AvgIpc) is 2.43. The van der Waals surface area contributed by atoms with E-state index in [2.05, 4.69) is 10.1 Å². The fourth-order valence-electron chi connectivity index (χ4n) is 1.67. The van der Waals surface area contributed by atoms with Crippen LogP contribution in [0.5, 0.6) is 0 Å². The summed E-state index contributed by atoms with van der Waals surface area (Å²) in [6, 6.07) is 3.52. The van der Waals surface area contributed by atoms with Crippen molar-refractivity contribution < 1.29 is 24.1 Å². The number of benzene rings is 1. The molecule has 0 aliphatic heterocycles. The maximum absolute atomic E-state index is 13.6. The SMILES string of the molecule is CNCCC(O)C(O)c1cc(C(=O)OC)ccc1F. The van der Waals surface area contributed by atoms with Gasteiger partial charge in [-0.15, -0.1) is 0 Å². The lowest BCUT2D eigenvalue weighted by Gasteiger charge is -2.19. The third-order valence-electron chi connectivity index (χ3n) is 2.79. The molecule has 106 valence electrons. The van der Waals surface area contributed by atoms with Gasteiger partial charge in [-0.25, -0.2) is 9.18 Å². The zero-order valence-electron chi connectivity index (χ0n) is 10.9. The van der Waals surface area contributed by atoms with Crippen molar-refractivity contribution in [1.82, 2.24) is 5.32 Å². The van der Waals surface area contributed by atoms with Crippen LogP contribution in [0.3, 0.4) is 0 Å². The molecule has 19 heavy (non-hydrogen) atoms. The molecule has 6 heteroatoms. The molecule has 3 N–H and O–H groups in total. The molecule has 0 aromatic heterocycles. The number of ether oxygens (including phenoxy) is 1. The largest absolute Gasteiger partial charge is 0.465 e. The monoisotopic (exact) mass is 271 g/mol. The van der Waals surface area contributed by atoms with Crippen LogP contribution in [0.1, 0.15) is 28.4 Å². The van der Waals surface area contributed by atoms with E-state index in [9.17, 15) is 19.4 Å². The van der Waals surface area contributed by atoms with E-state index >= 15 is 0 Å². The van der Waals surface area contributed by atoms with Gasteiger partial charge in [-0.3, -0.25) is 0 Å². The molecule has 1 rings (SSSR count). The van der Waals surface area contributed by atoms with Gasteiger partial charge in [0.05, 0.1) is 18.8 Å². The molecule has 0 spiro atoms. The maximum Gasteiger partial charge on any atom is 0.337 e. The van der Waals surface area contributed by atoms with E-state index in [1.807, 2.05) is 0 Å². The summed E-state index contributed by atoms with van der Waals surface area (Å²) in [5.41, 5.74) is 0.00488. The normalized spacial score (nSPS) is 13.9. The quantitative estimate of drug-likeness (QED) is 0.661. The van der Waals surface area contributed by atoms with Crippen molar-refractivity contribution in [2.45, 2.75) is 18.6 Å². The molecule has 2 atom stereocenters. The minimum Gasteiger partial charge on any atom is -0.465 e. The first kappa shape index (κ1) is 15.6. The zero-order valence-corrected chi connectivity index (χ0v) is 10.9. The van der Waals surface area contributed by atoms with E-state index < -0.39 is 24.0 Å². The highest BCUT2D eigenvalue weighted by molar-refractivity contribution is 5.89. The number of nitrogens with one attached hydrogen (secondary N) is 1. The van der Waals surface area contributed by atoms with Crippen molar-refractivity contribution in [3.05, 3.63) is 35.1 Å². The molecule has 1 aromatic carbocycles. The van der Waals surface area contributed by atoms with Crippen molar-refractivity contribution in [2.75, 3.05) is 20.7 Å². The van der Waals surface area contributed by atoms with E-state index in [0.29, 0.717) is 6.54 Å². The summed E-state index contributed by atoms with van der Waals surface area (Å²) in [5, 5.41) is 22.5. The third-order valence-corrected chi connectivity index (χ3v) is 2.79. The van der Waals surface area contributed by atoms with Crippen LogP contribution in [0, 0.1) is 5.82 Å². The van der Waals surface area contributed by atoms with E-state index in [1.54, 1.807) is 7.05 Å². The Hall–Kier alpha value is -1.50. The predicted octanol–water partition coefficient (Wildman–Crippen LogP) is 0.616. The van der Waals surface area contributed by atoms with Crippen LogP contribution in [-0.4, -0.2) is 43.0 Å². The molecule has 0 aliphatic carbocycles. The molecule has 0 heterocycles. The van der Waals surface area contributed by atoms with Gasteiger partial charge in [0.15, 0.2) is 0 Å². The van der Waals surface area contributed by atoms with E-state index in [4.69, 9.17) is 0 Å². The highest BCUT2D eigenvalue weighted by Gasteiger charge is 2.22. The molecule has 0 fully saturated rings. The molecule has 0 bridgehead atoms. The van der Waals surface area contributed by atoms with Gasteiger partial charge < -0.3 is 20.3 Å². The van der Waals surface area contributed by atoms with Gasteiger partial charge in [0.1, 0.15) is 11.9 Å². The van der Waals surface area contributed by atoms with Gasteiger partial charge in [0, 0.05) is 5.56 Å². The minimum atomic E-state index is -1.39. The number of carbonyl (C=O) groups is 1. The van der Waals surface area contributed by atoms with Crippen LogP contribution < -0.4 is 5.32 Å². The fraction of sp³-hybridized carbons (Fsp3) is 0.462. The third kappa shape index (κ3) is 3.99. The van der Waals surface area contributed by atoms with Crippen molar-refractivity contribution in [3.8, 4) is 0 Å². The second kappa shape index (κ2) is 7.18. The van der Waals surface area contributed by atoms with Crippen molar-refractivity contribution in [1.29, 1.82) is 0 Å². The molecule has 0 amide bonds. The van der Waals surface area contributed by atoms with Crippen molar-refractivity contribution in [2.24, 2.45) is 0 Å². The summed E-state index contributed by atoms with van der Waals surface area (Å²) in [6.45, 7) is 0.483. The number of hydrogen-bond donors (Lipinski definition) is 3. The first-order valence-corrected chi connectivity index (χ1v) is 5.89. The lowest BCUT2D eigenvalue weighted by molar-refractivity contribution is 0.0119. The lowest BCUT2D eigenvalue weighted by atomic mass is 9.99. The molecular formula is C13H18FNO4. The van der Waals surface area contributed by atoms with Crippen LogP contribution in [0.15, 0.2) is 18.2 Å². The minimum absolute atomic E-state index is 0.119. The lowest BCUT2D eigenvalue weighted by Crippen LogP contribution is -2.24. The Morgan fingerprint density at radius 3 is 2.74 bits per heavy atom. The number of rotatable bonds is 6. The van der Waals surface area contributed by atoms with Crippen LogP contribution in [0.25, 0.3) is 0 Å². The van der Waals surface area contributed by atoms with Crippen LogP contribution in [0.4, 0.5) is 4.39 Å². The fourth-order valence-corrected chi connectivity index (χ4v) is 1.67. The number of halogens is 1. The number of methoxy groups -OCH3 is 1. The van der Waals surface area contributed by atoms with E-state index in [1.165, 1.54) is 19.2 Å². The van der Waals surface area contributed by atoms with Crippen LogP contribution in [-0.2, 0) is 4.74 Å². The number of aliphatic hydroxyl groups excluding tert-OH is 2. The van der Waals surface area contributed by atoms with Gasteiger partial charge >= 0.3 is 5.97 Å². The summed E-state index contributed by atoms with van der Waals surface area (Å²) in [7, 11) is 2.92. The summed E-state index contributed by atoms with van der Waals surface area (Å²) < 4.78 is 18.2. The van der Waals surface area contributed by atoms with Gasteiger partial charge in [0.25, 0.3) is 0 Å². The zero-order chi connectivity index (χ0) is 14.4. The Kier molecular flexibility index (Phi) is 5.88. The first-order valence-electron chi connectivity index (χ1n) is 5.89. The number of carbonyl (C=O) groups excluding carboxylic acids is 1. The summed E-state index contributed by atoms with van der Waals surface area (Å²) in [4.78, 5) is 11.3. The molecule has 0 aliphatic rings. The molecule has 0 saturated carbocycles. The summed E-state index contributed by atoms with van der Waals surface area (Å²) in [5.74, 6) is -1.30. The number of aliphatic hydroxyl groups is 2. The van der Waals surface area contributed by atoms with Crippen molar-refractivity contribution in [3.63, 3.8) is 0 Å². The molecule has 1 aromatic rings. The van der Waals surface area contributed by atoms with Gasteiger partial charge in [-0.05, 0) is 38.2 Å². The molecule has 0 saturated heterocycles. The highest BCUT2D eigenvalue weighted by Crippen LogP contribution is 2.23. The summed E-state index contributed by atoms with van der Waals surface area (Å²) >= 11 is 0. The molecule has 2 unspecified atom stereocenters. The van der Waals surface area contributed by atoms with E-state index in [-0.39, 0.29) is 17.5 Å². The van der Waals surface area contributed by atoms with Gasteiger partial charge in [0.2, 0.25) is 0 Å². The van der Waals surface area contributed by atoms with E-state index in [0.717, 1.165) is 6.07 Å². The smallest absolute Gasteiger partial charge is 0.337 e. The molecule has 0 radical (unpaired) electrons. The molecule has 5 nitrogen and oxygen atoms in total. The second-order valence-electron chi connectivity index (χ2n) is 4.13. The van der Waals surface area contributed by atoms with Crippen LogP contribution in [0.2, 0.25) is 0 Å². The van der Waals surface area contributed by atoms with Crippen molar-refractivity contribution >= 4 is 5.97 Å². The van der Waals surface area contributed by atoms with Gasteiger partial charge in [-0.1, -0.05) is 0 Å². The standard InChI is InChI=1S/C13H18FNO4/c1-15-6-5-11(16)12(17)9-7-8(13(18)19-2)3-4-10(9)14/h3-4,7,11-12,15-17H,5-6H2,1-2H3.